The molecule has 2 N–H and O–H groups in total. The van der Waals surface area contributed by atoms with E-state index in [1.54, 1.807) is 7.11 Å². The van der Waals surface area contributed by atoms with Gasteiger partial charge in [-0.3, -0.25) is 0 Å². The SMILES string of the molecule is COc1ccc(C(Nc2ccccc2)c2c(C)[nH]c3ccccc23)cc1. The van der Waals surface area contributed by atoms with Gasteiger partial charge < -0.3 is 15.0 Å². The highest BCUT2D eigenvalue weighted by Crippen LogP contribution is 2.35. The van der Waals surface area contributed by atoms with Gasteiger partial charge in [0.25, 0.3) is 0 Å². The van der Waals surface area contributed by atoms with Crippen LogP contribution in [0.4, 0.5) is 5.69 Å². The van der Waals surface area contributed by atoms with Crippen LogP contribution in [0.15, 0.2) is 78.9 Å². The molecule has 0 saturated heterocycles. The van der Waals surface area contributed by atoms with Gasteiger partial charge in [-0.2, -0.15) is 0 Å². The first-order valence-electron chi connectivity index (χ1n) is 8.79. The monoisotopic (exact) mass is 342 g/mol. The lowest BCUT2D eigenvalue weighted by atomic mass is 9.95. The maximum absolute atomic E-state index is 5.33. The molecule has 0 aliphatic carbocycles. The summed E-state index contributed by atoms with van der Waals surface area (Å²) in [7, 11) is 1.69. The van der Waals surface area contributed by atoms with Gasteiger partial charge in [-0.25, -0.2) is 0 Å². The lowest BCUT2D eigenvalue weighted by Gasteiger charge is -2.22. The number of fused-ring (bicyclic) bond motifs is 1. The fraction of sp³-hybridized carbons (Fsp3) is 0.130. The Balaban J connectivity index is 1.85. The van der Waals surface area contributed by atoms with Crippen LogP contribution in [0.5, 0.6) is 5.75 Å². The standard InChI is InChI=1S/C23H22N2O/c1-16-22(20-10-6-7-11-21(20)24-16)23(25-18-8-4-3-5-9-18)17-12-14-19(26-2)15-13-17/h3-15,23-25H,1-2H3. The molecule has 0 aliphatic rings. The molecule has 130 valence electrons. The number of nitrogens with one attached hydrogen (secondary N) is 2. The first-order chi connectivity index (χ1) is 12.8. The smallest absolute Gasteiger partial charge is 0.118 e. The summed E-state index contributed by atoms with van der Waals surface area (Å²) >= 11 is 0. The van der Waals surface area contributed by atoms with E-state index in [1.165, 1.54) is 22.2 Å². The minimum absolute atomic E-state index is 0.0412. The van der Waals surface area contributed by atoms with E-state index in [1.807, 2.05) is 18.2 Å². The molecular formula is C23H22N2O. The average Bonchev–Trinajstić information content (AvgIpc) is 3.03. The number of rotatable bonds is 5. The Morgan fingerprint density at radius 3 is 2.27 bits per heavy atom. The van der Waals surface area contributed by atoms with E-state index in [0.29, 0.717) is 0 Å². The second kappa shape index (κ2) is 6.96. The number of para-hydroxylation sites is 2. The van der Waals surface area contributed by atoms with Gasteiger partial charge >= 0.3 is 0 Å². The number of benzene rings is 3. The molecule has 3 nitrogen and oxygen atoms in total. The second-order valence-electron chi connectivity index (χ2n) is 6.43. The average molecular weight is 342 g/mol. The van der Waals surface area contributed by atoms with E-state index in [-0.39, 0.29) is 6.04 Å². The molecule has 0 fully saturated rings. The summed E-state index contributed by atoms with van der Waals surface area (Å²) in [6.45, 7) is 2.14. The molecule has 1 unspecified atom stereocenters. The topological polar surface area (TPSA) is 37.0 Å². The van der Waals surface area contributed by atoms with Crippen molar-refractivity contribution in [2.45, 2.75) is 13.0 Å². The molecule has 0 spiro atoms. The fourth-order valence-electron chi connectivity index (χ4n) is 3.49. The molecule has 1 heterocycles. The first kappa shape index (κ1) is 16.3. The van der Waals surface area contributed by atoms with Crippen LogP contribution in [-0.4, -0.2) is 12.1 Å². The molecule has 0 radical (unpaired) electrons. The van der Waals surface area contributed by atoms with Crippen molar-refractivity contribution in [3.05, 3.63) is 95.7 Å². The van der Waals surface area contributed by atoms with Gasteiger partial charge in [-0.05, 0) is 42.8 Å². The zero-order valence-corrected chi connectivity index (χ0v) is 15.0. The van der Waals surface area contributed by atoms with Gasteiger partial charge in [0.1, 0.15) is 5.75 Å². The molecule has 26 heavy (non-hydrogen) atoms. The maximum atomic E-state index is 5.33. The van der Waals surface area contributed by atoms with Crippen LogP contribution < -0.4 is 10.1 Å². The van der Waals surface area contributed by atoms with Crippen molar-refractivity contribution < 1.29 is 4.74 Å². The number of aryl methyl sites for hydroxylation is 1. The molecule has 0 amide bonds. The normalized spacial score (nSPS) is 12.1. The maximum Gasteiger partial charge on any atom is 0.118 e. The summed E-state index contributed by atoms with van der Waals surface area (Å²) in [5, 5.41) is 4.95. The molecule has 4 rings (SSSR count). The highest BCUT2D eigenvalue weighted by atomic mass is 16.5. The van der Waals surface area contributed by atoms with E-state index in [0.717, 1.165) is 17.0 Å². The predicted octanol–water partition coefficient (Wildman–Crippen LogP) is 5.69. The molecule has 3 heteroatoms. The van der Waals surface area contributed by atoms with Crippen LogP contribution in [0.2, 0.25) is 0 Å². The fourth-order valence-corrected chi connectivity index (χ4v) is 3.49. The van der Waals surface area contributed by atoms with Crippen LogP contribution in [0.1, 0.15) is 22.9 Å². The van der Waals surface area contributed by atoms with Crippen molar-refractivity contribution in [3.8, 4) is 5.75 Å². The highest BCUT2D eigenvalue weighted by Gasteiger charge is 2.21. The highest BCUT2D eigenvalue weighted by molar-refractivity contribution is 5.86. The van der Waals surface area contributed by atoms with E-state index < -0.39 is 0 Å². The third-order valence-corrected chi connectivity index (χ3v) is 4.77. The molecule has 1 aromatic heterocycles. The summed E-state index contributed by atoms with van der Waals surface area (Å²) in [5.41, 5.74) is 5.90. The largest absolute Gasteiger partial charge is 0.497 e. The van der Waals surface area contributed by atoms with Crippen molar-refractivity contribution in [2.75, 3.05) is 12.4 Å². The molecule has 1 atom stereocenters. The Hall–Kier alpha value is -3.20. The van der Waals surface area contributed by atoms with Gasteiger partial charge in [0.2, 0.25) is 0 Å². The Labute approximate surface area is 153 Å². The van der Waals surface area contributed by atoms with Crippen LogP contribution in [-0.2, 0) is 0 Å². The van der Waals surface area contributed by atoms with Gasteiger partial charge in [0.05, 0.1) is 13.2 Å². The molecular weight excluding hydrogens is 320 g/mol. The number of aromatic nitrogens is 1. The second-order valence-corrected chi connectivity index (χ2v) is 6.43. The zero-order chi connectivity index (χ0) is 17.9. The van der Waals surface area contributed by atoms with E-state index >= 15 is 0 Å². The van der Waals surface area contributed by atoms with E-state index in [9.17, 15) is 0 Å². The Bertz CT molecular complexity index is 1000. The zero-order valence-electron chi connectivity index (χ0n) is 15.0. The summed E-state index contributed by atoms with van der Waals surface area (Å²) < 4.78 is 5.33. The number of aromatic amines is 1. The molecule has 0 bridgehead atoms. The molecule has 3 aromatic carbocycles. The third-order valence-electron chi connectivity index (χ3n) is 4.77. The Morgan fingerprint density at radius 1 is 0.846 bits per heavy atom. The van der Waals surface area contributed by atoms with Crippen molar-refractivity contribution >= 4 is 16.6 Å². The van der Waals surface area contributed by atoms with E-state index in [2.05, 4.69) is 77.9 Å². The lowest BCUT2D eigenvalue weighted by Crippen LogP contribution is -2.13. The number of methoxy groups -OCH3 is 1. The number of anilines is 1. The van der Waals surface area contributed by atoms with Gasteiger partial charge in [0.15, 0.2) is 0 Å². The van der Waals surface area contributed by atoms with Gasteiger partial charge in [0, 0.05) is 27.8 Å². The van der Waals surface area contributed by atoms with Gasteiger partial charge in [-0.15, -0.1) is 0 Å². The minimum atomic E-state index is 0.0412. The van der Waals surface area contributed by atoms with Crippen LogP contribution >= 0.6 is 0 Å². The summed E-state index contributed by atoms with van der Waals surface area (Å²) in [6.07, 6.45) is 0. The van der Waals surface area contributed by atoms with E-state index in [4.69, 9.17) is 4.74 Å². The number of hydrogen-bond acceptors (Lipinski definition) is 2. The van der Waals surface area contributed by atoms with Crippen molar-refractivity contribution in [3.63, 3.8) is 0 Å². The lowest BCUT2D eigenvalue weighted by molar-refractivity contribution is 0.414. The Morgan fingerprint density at radius 2 is 1.54 bits per heavy atom. The molecule has 4 aromatic rings. The predicted molar refractivity (Wildman–Crippen MR) is 108 cm³/mol. The summed E-state index contributed by atoms with van der Waals surface area (Å²) in [4.78, 5) is 3.52. The third kappa shape index (κ3) is 3.04. The van der Waals surface area contributed by atoms with Crippen molar-refractivity contribution in [2.24, 2.45) is 0 Å². The molecule has 0 saturated carbocycles. The number of hydrogen-bond donors (Lipinski definition) is 2. The van der Waals surface area contributed by atoms with Crippen LogP contribution in [0.3, 0.4) is 0 Å². The number of H-pyrrole nitrogens is 1. The summed E-state index contributed by atoms with van der Waals surface area (Å²) in [6, 6.07) is 27.1. The Kier molecular flexibility index (Phi) is 4.36. The summed E-state index contributed by atoms with van der Waals surface area (Å²) in [5.74, 6) is 0.864. The number of ether oxygens (including phenoxy) is 1. The van der Waals surface area contributed by atoms with Crippen molar-refractivity contribution in [1.82, 2.24) is 4.98 Å². The van der Waals surface area contributed by atoms with Gasteiger partial charge in [-0.1, -0.05) is 48.5 Å². The first-order valence-corrected chi connectivity index (χ1v) is 8.79. The van der Waals surface area contributed by atoms with Crippen LogP contribution in [0, 0.1) is 6.92 Å². The van der Waals surface area contributed by atoms with Crippen LogP contribution in [0.25, 0.3) is 10.9 Å². The molecule has 0 aliphatic heterocycles. The quantitative estimate of drug-likeness (QED) is 0.489. The van der Waals surface area contributed by atoms with Crippen molar-refractivity contribution in [1.29, 1.82) is 0 Å². The minimum Gasteiger partial charge on any atom is -0.497 e.